The van der Waals surface area contributed by atoms with Crippen molar-refractivity contribution in [3.63, 3.8) is 0 Å². The number of amides is 1. The van der Waals surface area contributed by atoms with E-state index in [1.54, 1.807) is 49.6 Å². The first-order valence-corrected chi connectivity index (χ1v) is 8.64. The summed E-state index contributed by atoms with van der Waals surface area (Å²) in [5.41, 5.74) is 1.43. The van der Waals surface area contributed by atoms with Gasteiger partial charge in [0.15, 0.2) is 5.82 Å². The van der Waals surface area contributed by atoms with Crippen molar-refractivity contribution in [3.8, 4) is 11.4 Å². The Labute approximate surface area is 153 Å². The molecule has 128 valence electrons. The Balaban J connectivity index is 1.68. The molecule has 0 aliphatic heterocycles. The van der Waals surface area contributed by atoms with Gasteiger partial charge in [0.25, 0.3) is 0 Å². The molecule has 3 aromatic rings. The van der Waals surface area contributed by atoms with Gasteiger partial charge in [-0.05, 0) is 43.3 Å². The Bertz CT molecular complexity index is 868. The number of pyridine rings is 1. The number of hydrogen-bond donors (Lipinski definition) is 2. The molecule has 1 aromatic carbocycles. The van der Waals surface area contributed by atoms with Crippen molar-refractivity contribution >= 4 is 35.0 Å². The van der Waals surface area contributed by atoms with E-state index >= 15 is 0 Å². The van der Waals surface area contributed by atoms with Gasteiger partial charge in [-0.2, -0.15) is 0 Å². The summed E-state index contributed by atoms with van der Waals surface area (Å²) in [7, 11) is 0. The van der Waals surface area contributed by atoms with Crippen LogP contribution in [0.3, 0.4) is 0 Å². The number of nitrogens with zero attached hydrogens (tertiary/aromatic N) is 4. The zero-order valence-electron chi connectivity index (χ0n) is 13.3. The van der Waals surface area contributed by atoms with Crippen LogP contribution in [0.15, 0.2) is 53.9 Å². The summed E-state index contributed by atoms with van der Waals surface area (Å²) < 4.78 is 1.35. The van der Waals surface area contributed by atoms with Crippen LogP contribution < -0.4 is 11.2 Å². The van der Waals surface area contributed by atoms with Gasteiger partial charge in [0.05, 0.1) is 5.25 Å². The van der Waals surface area contributed by atoms with Crippen molar-refractivity contribution in [2.45, 2.75) is 17.3 Å². The summed E-state index contributed by atoms with van der Waals surface area (Å²) in [4.78, 5) is 16.4. The topological polar surface area (TPSA) is 98.7 Å². The molecule has 0 aliphatic rings. The summed E-state index contributed by atoms with van der Waals surface area (Å²) >= 11 is 7.06. The van der Waals surface area contributed by atoms with Crippen molar-refractivity contribution in [1.29, 1.82) is 0 Å². The number of nitrogen functional groups attached to an aromatic ring is 1. The van der Waals surface area contributed by atoms with E-state index in [-0.39, 0.29) is 5.91 Å². The number of carbonyl (C=O) groups is 1. The molecule has 9 heteroatoms. The standard InChI is InChI=1S/C16H15ClN6OS/c1-10(15(24)20-13-6-4-12(17)5-7-13)25-16-22-21-14(23(16)18)11-3-2-8-19-9-11/h2-10H,18H2,1H3,(H,20,24)/t10-/m1/s1. The first kappa shape index (κ1) is 17.2. The minimum Gasteiger partial charge on any atom is -0.335 e. The lowest BCUT2D eigenvalue weighted by atomic mass is 10.3. The number of carbonyl (C=O) groups excluding carboxylic acids is 1. The van der Waals surface area contributed by atoms with Crippen LogP contribution in [0.2, 0.25) is 5.02 Å². The lowest BCUT2D eigenvalue weighted by Gasteiger charge is -2.11. The van der Waals surface area contributed by atoms with Gasteiger partial charge in [0, 0.05) is 28.7 Å². The number of nitrogens with one attached hydrogen (secondary N) is 1. The summed E-state index contributed by atoms with van der Waals surface area (Å²) in [5, 5.41) is 11.6. The van der Waals surface area contributed by atoms with Gasteiger partial charge < -0.3 is 11.2 Å². The zero-order valence-corrected chi connectivity index (χ0v) is 14.8. The molecule has 2 aromatic heterocycles. The number of nitrogens with two attached hydrogens (primary N) is 1. The second-order valence-corrected chi connectivity index (χ2v) is 6.92. The van der Waals surface area contributed by atoms with Gasteiger partial charge in [-0.1, -0.05) is 23.4 Å². The van der Waals surface area contributed by atoms with E-state index in [4.69, 9.17) is 17.4 Å². The number of halogens is 1. The highest BCUT2D eigenvalue weighted by atomic mass is 35.5. The predicted molar refractivity (Wildman–Crippen MR) is 98.8 cm³/mol. The maximum Gasteiger partial charge on any atom is 0.237 e. The van der Waals surface area contributed by atoms with Crippen LogP contribution in [0, 0.1) is 0 Å². The molecule has 0 spiro atoms. The molecule has 0 radical (unpaired) electrons. The van der Waals surface area contributed by atoms with Crippen LogP contribution in [0.5, 0.6) is 0 Å². The largest absolute Gasteiger partial charge is 0.335 e. The van der Waals surface area contributed by atoms with Gasteiger partial charge in [-0.25, -0.2) is 4.68 Å². The fourth-order valence-corrected chi connectivity index (χ4v) is 2.93. The Hall–Kier alpha value is -2.58. The molecule has 0 saturated carbocycles. The van der Waals surface area contributed by atoms with Crippen molar-refractivity contribution in [1.82, 2.24) is 19.9 Å². The minimum absolute atomic E-state index is 0.168. The van der Waals surface area contributed by atoms with E-state index in [1.165, 1.54) is 16.4 Å². The van der Waals surface area contributed by atoms with Crippen LogP contribution in [0.25, 0.3) is 11.4 Å². The molecule has 0 bridgehead atoms. The Kier molecular flexibility index (Phi) is 5.20. The Morgan fingerprint density at radius 3 is 2.72 bits per heavy atom. The van der Waals surface area contributed by atoms with Gasteiger partial charge in [0.1, 0.15) is 0 Å². The second kappa shape index (κ2) is 7.54. The molecule has 25 heavy (non-hydrogen) atoms. The molecule has 3 N–H and O–H groups in total. The molecule has 2 heterocycles. The fraction of sp³-hybridized carbons (Fsp3) is 0.125. The average Bonchev–Trinajstić information content (AvgIpc) is 2.98. The van der Waals surface area contributed by atoms with E-state index in [0.717, 1.165) is 5.56 Å². The number of thioether (sulfide) groups is 1. The summed E-state index contributed by atoms with van der Waals surface area (Å²) in [6.45, 7) is 1.77. The number of benzene rings is 1. The maximum atomic E-state index is 12.3. The van der Waals surface area contributed by atoms with Crippen molar-refractivity contribution < 1.29 is 4.79 Å². The number of anilines is 1. The molecule has 0 fully saturated rings. The number of aromatic nitrogens is 4. The normalized spacial score (nSPS) is 11.9. The molecular formula is C16H15ClN6OS. The smallest absolute Gasteiger partial charge is 0.237 e. The third-order valence-electron chi connectivity index (χ3n) is 3.35. The Morgan fingerprint density at radius 2 is 2.04 bits per heavy atom. The van der Waals surface area contributed by atoms with Crippen LogP contribution in [0.4, 0.5) is 5.69 Å². The van der Waals surface area contributed by atoms with E-state index in [2.05, 4.69) is 20.5 Å². The fourth-order valence-electron chi connectivity index (χ4n) is 2.04. The second-order valence-electron chi connectivity index (χ2n) is 5.17. The minimum atomic E-state index is -0.413. The summed E-state index contributed by atoms with van der Waals surface area (Å²) in [6.07, 6.45) is 3.32. The van der Waals surface area contributed by atoms with Crippen LogP contribution in [-0.2, 0) is 4.79 Å². The SMILES string of the molecule is C[C@@H](Sc1nnc(-c2cccnc2)n1N)C(=O)Nc1ccc(Cl)cc1. The lowest BCUT2D eigenvalue weighted by molar-refractivity contribution is -0.115. The van der Waals surface area contributed by atoms with Gasteiger partial charge in [-0.3, -0.25) is 9.78 Å². The third-order valence-corrected chi connectivity index (χ3v) is 4.66. The molecule has 1 amide bonds. The molecule has 3 rings (SSSR count). The first-order chi connectivity index (χ1) is 12.0. The average molecular weight is 375 g/mol. The van der Waals surface area contributed by atoms with E-state index in [9.17, 15) is 4.79 Å². The lowest BCUT2D eigenvalue weighted by Crippen LogP contribution is -2.23. The zero-order chi connectivity index (χ0) is 17.8. The molecular weight excluding hydrogens is 360 g/mol. The van der Waals surface area contributed by atoms with Gasteiger partial charge in [-0.15, -0.1) is 10.2 Å². The molecule has 0 saturated heterocycles. The van der Waals surface area contributed by atoms with E-state index in [0.29, 0.717) is 21.7 Å². The predicted octanol–water partition coefficient (Wildman–Crippen LogP) is 2.83. The highest BCUT2D eigenvalue weighted by Crippen LogP contribution is 2.25. The molecule has 0 aliphatic carbocycles. The van der Waals surface area contributed by atoms with Crippen molar-refractivity contribution in [2.24, 2.45) is 0 Å². The molecule has 1 atom stereocenters. The van der Waals surface area contributed by atoms with Crippen LogP contribution in [-0.4, -0.2) is 31.0 Å². The number of hydrogen-bond acceptors (Lipinski definition) is 6. The molecule has 7 nitrogen and oxygen atoms in total. The van der Waals surface area contributed by atoms with Crippen molar-refractivity contribution in [3.05, 3.63) is 53.8 Å². The Morgan fingerprint density at radius 1 is 1.28 bits per heavy atom. The first-order valence-electron chi connectivity index (χ1n) is 7.38. The molecule has 0 unspecified atom stereocenters. The summed E-state index contributed by atoms with van der Waals surface area (Å²) in [5.74, 6) is 6.37. The highest BCUT2D eigenvalue weighted by Gasteiger charge is 2.20. The van der Waals surface area contributed by atoms with Crippen LogP contribution >= 0.6 is 23.4 Å². The van der Waals surface area contributed by atoms with Crippen molar-refractivity contribution in [2.75, 3.05) is 11.2 Å². The monoisotopic (exact) mass is 374 g/mol. The van der Waals surface area contributed by atoms with Gasteiger partial charge >= 0.3 is 0 Å². The number of rotatable bonds is 5. The van der Waals surface area contributed by atoms with E-state index in [1.807, 2.05) is 6.07 Å². The highest BCUT2D eigenvalue weighted by molar-refractivity contribution is 8.00. The maximum absolute atomic E-state index is 12.3. The third kappa shape index (κ3) is 4.09. The van der Waals surface area contributed by atoms with E-state index < -0.39 is 5.25 Å². The van der Waals surface area contributed by atoms with Gasteiger partial charge in [0.2, 0.25) is 11.1 Å². The quantitative estimate of drug-likeness (QED) is 0.526. The summed E-state index contributed by atoms with van der Waals surface area (Å²) in [6, 6.07) is 10.5. The van der Waals surface area contributed by atoms with Crippen LogP contribution in [0.1, 0.15) is 6.92 Å².